The average Bonchev–Trinajstić information content (AvgIpc) is 3.62. The van der Waals surface area contributed by atoms with Crippen LogP contribution in [-0.2, 0) is 22.7 Å². The Labute approximate surface area is 245 Å². The summed E-state index contributed by atoms with van der Waals surface area (Å²) in [5.74, 6) is 4.87. The second-order valence-electron chi connectivity index (χ2n) is 11.2. The van der Waals surface area contributed by atoms with Crippen molar-refractivity contribution in [2.45, 2.75) is 33.2 Å². The summed E-state index contributed by atoms with van der Waals surface area (Å²) in [7, 11) is -2.58. The van der Waals surface area contributed by atoms with Crippen LogP contribution in [0.5, 0.6) is 0 Å². The van der Waals surface area contributed by atoms with E-state index in [1.54, 1.807) is 30.0 Å². The molecule has 0 aliphatic carbocycles. The Kier molecular flexibility index (Phi) is 7.42. The van der Waals surface area contributed by atoms with Crippen molar-refractivity contribution in [3.8, 4) is 11.3 Å². The fourth-order valence-electron chi connectivity index (χ4n) is 5.62. The summed E-state index contributed by atoms with van der Waals surface area (Å²) < 4.78 is 15.9. The zero-order valence-electron chi connectivity index (χ0n) is 24.1. The lowest BCUT2D eigenvalue weighted by Gasteiger charge is -2.15. The van der Waals surface area contributed by atoms with Gasteiger partial charge in [-0.25, -0.2) is 14.2 Å². The molecule has 0 spiro atoms. The van der Waals surface area contributed by atoms with E-state index >= 15 is 0 Å². The van der Waals surface area contributed by atoms with Crippen molar-refractivity contribution >= 4 is 38.2 Å². The summed E-state index contributed by atoms with van der Waals surface area (Å²) >= 11 is 0. The third kappa shape index (κ3) is 5.60. The zero-order chi connectivity index (χ0) is 29.4. The van der Waals surface area contributed by atoms with Gasteiger partial charge in [-0.1, -0.05) is 36.4 Å². The molecule has 0 bridgehead atoms. The minimum Gasteiger partial charge on any atom is -0.324 e. The maximum absolute atomic E-state index is 14.1. The molecule has 5 aromatic rings. The summed E-state index contributed by atoms with van der Waals surface area (Å²) in [5.41, 5.74) is 6.03. The Morgan fingerprint density at radius 1 is 1.12 bits per heavy atom. The highest BCUT2D eigenvalue weighted by Gasteiger charge is 2.20. The van der Waals surface area contributed by atoms with E-state index in [4.69, 9.17) is 4.98 Å². The molecule has 216 valence electrons. The number of aromatic nitrogens is 5. The average molecular weight is 582 g/mol. The number of hydrogen-bond donors (Lipinski definition) is 2. The molecule has 4 heterocycles. The fourth-order valence-corrected chi connectivity index (χ4v) is 6.53. The molecule has 42 heavy (non-hydrogen) atoms. The molecule has 2 aromatic carbocycles. The van der Waals surface area contributed by atoms with E-state index in [9.17, 15) is 9.00 Å². The molecule has 0 saturated carbocycles. The second kappa shape index (κ2) is 11.2. The number of benzene rings is 2. The minimum absolute atomic E-state index is 0.235. The first-order chi connectivity index (χ1) is 20.2. The molecular weight excluding hydrogens is 546 g/mol. The van der Waals surface area contributed by atoms with Crippen LogP contribution in [0.15, 0.2) is 71.9 Å². The molecule has 0 radical (unpaired) electrons. The van der Waals surface area contributed by atoms with Crippen molar-refractivity contribution in [2.75, 3.05) is 24.7 Å². The summed E-state index contributed by atoms with van der Waals surface area (Å²) in [6, 6.07) is 18.1. The Bertz CT molecular complexity index is 1940. The molecular formula is C32H35N7O2S. The topological polar surface area (TPSA) is 107 Å². The lowest BCUT2D eigenvalue weighted by Crippen LogP contribution is -2.24. The van der Waals surface area contributed by atoms with Crippen molar-refractivity contribution in [2.24, 2.45) is 5.92 Å². The predicted octanol–water partition coefficient (Wildman–Crippen LogP) is 4.33. The summed E-state index contributed by atoms with van der Waals surface area (Å²) in [6.45, 7) is 6.33. The molecule has 2 atom stereocenters. The van der Waals surface area contributed by atoms with E-state index in [-0.39, 0.29) is 5.56 Å². The summed E-state index contributed by atoms with van der Waals surface area (Å²) in [4.78, 5) is 28.0. The minimum atomic E-state index is -2.58. The number of fused-ring (bicyclic) bond motifs is 1. The van der Waals surface area contributed by atoms with Crippen molar-refractivity contribution in [3.63, 3.8) is 0 Å². The first-order valence-corrected chi connectivity index (χ1v) is 16.2. The van der Waals surface area contributed by atoms with Crippen LogP contribution in [0.3, 0.4) is 0 Å². The van der Waals surface area contributed by atoms with Crippen molar-refractivity contribution in [1.29, 1.82) is 0 Å². The molecule has 1 aliphatic rings. The summed E-state index contributed by atoms with van der Waals surface area (Å²) in [5, 5.41) is 7.44. The van der Waals surface area contributed by atoms with Gasteiger partial charge < -0.3 is 10.6 Å². The van der Waals surface area contributed by atoms with Gasteiger partial charge in [0.25, 0.3) is 5.56 Å². The number of hydrogen-bond acceptors (Lipinski definition) is 7. The number of nitrogens with one attached hydrogen (secondary N) is 2. The van der Waals surface area contributed by atoms with Crippen LogP contribution >= 0.6 is 0 Å². The molecule has 2 N–H and O–H groups in total. The number of imidazole rings is 1. The first kappa shape index (κ1) is 27.9. The summed E-state index contributed by atoms with van der Waals surface area (Å²) in [6.07, 6.45) is 7.03. The fraction of sp³-hybridized carbons (Fsp3) is 0.281. The first-order valence-electron chi connectivity index (χ1n) is 14.1. The van der Waals surface area contributed by atoms with Crippen molar-refractivity contribution in [3.05, 3.63) is 99.9 Å². The van der Waals surface area contributed by atoms with Gasteiger partial charge in [0.2, 0.25) is 5.95 Å². The van der Waals surface area contributed by atoms with Gasteiger partial charge in [-0.2, -0.15) is 4.98 Å². The van der Waals surface area contributed by atoms with Gasteiger partial charge in [0.05, 0.1) is 23.5 Å². The number of anilines is 2. The van der Waals surface area contributed by atoms with Gasteiger partial charge >= 0.3 is 0 Å². The highest BCUT2D eigenvalue weighted by molar-refractivity contribution is 7.98. The van der Waals surface area contributed by atoms with Crippen LogP contribution in [0, 0.1) is 19.8 Å². The van der Waals surface area contributed by atoms with Gasteiger partial charge in [0.15, 0.2) is 0 Å². The van der Waals surface area contributed by atoms with Crippen molar-refractivity contribution in [1.82, 2.24) is 28.8 Å². The molecule has 1 fully saturated rings. The SMILES string of the molecule is C=S(C)(=O)n1cnc(-c2cc3cnc(Nc4ccc(CC5CCNC5)cc4)nc3n(Cc3ccccc3C)c2=O)c1C. The number of rotatable bonds is 8. The van der Waals surface area contributed by atoms with Crippen LogP contribution in [0.25, 0.3) is 22.3 Å². The van der Waals surface area contributed by atoms with Crippen LogP contribution in [0.4, 0.5) is 11.6 Å². The molecule has 1 saturated heterocycles. The lowest BCUT2D eigenvalue weighted by molar-refractivity contribution is 0.580. The molecule has 2 unspecified atom stereocenters. The van der Waals surface area contributed by atoms with Gasteiger partial charge in [-0.05, 0) is 86.5 Å². The Morgan fingerprint density at radius 3 is 2.60 bits per heavy atom. The van der Waals surface area contributed by atoms with Crippen molar-refractivity contribution < 1.29 is 4.21 Å². The van der Waals surface area contributed by atoms with Crippen LogP contribution in [0.2, 0.25) is 0 Å². The quantitative estimate of drug-likeness (QED) is 0.263. The van der Waals surface area contributed by atoms with Crippen LogP contribution in [0.1, 0.15) is 28.8 Å². The second-order valence-corrected chi connectivity index (χ2v) is 13.5. The highest BCUT2D eigenvalue weighted by atomic mass is 32.2. The molecule has 0 amide bonds. The third-order valence-electron chi connectivity index (χ3n) is 7.95. The normalized spacial score (nSPS) is 16.5. The molecule has 3 aromatic heterocycles. The van der Waals surface area contributed by atoms with Gasteiger partial charge in [0.1, 0.15) is 12.0 Å². The molecule has 6 rings (SSSR count). The van der Waals surface area contributed by atoms with Gasteiger partial charge in [-0.3, -0.25) is 13.3 Å². The third-order valence-corrected chi connectivity index (χ3v) is 9.15. The zero-order valence-corrected chi connectivity index (χ0v) is 24.9. The lowest BCUT2D eigenvalue weighted by atomic mass is 9.99. The van der Waals surface area contributed by atoms with Gasteiger partial charge in [-0.15, -0.1) is 0 Å². The smallest absolute Gasteiger partial charge is 0.262 e. The number of pyridine rings is 1. The largest absolute Gasteiger partial charge is 0.324 e. The monoisotopic (exact) mass is 581 g/mol. The Morgan fingerprint density at radius 2 is 1.90 bits per heavy atom. The Balaban J connectivity index is 1.40. The number of nitrogens with zero attached hydrogens (tertiary/aromatic N) is 5. The molecule has 1 aliphatic heterocycles. The van der Waals surface area contributed by atoms with E-state index in [0.29, 0.717) is 46.4 Å². The van der Waals surface area contributed by atoms with E-state index in [0.717, 1.165) is 36.3 Å². The van der Waals surface area contributed by atoms with Crippen LogP contribution < -0.4 is 16.2 Å². The molecule has 10 heteroatoms. The maximum Gasteiger partial charge on any atom is 0.262 e. The highest BCUT2D eigenvalue weighted by Crippen LogP contribution is 2.25. The number of aryl methyl sites for hydroxylation is 1. The van der Waals surface area contributed by atoms with E-state index in [1.165, 1.54) is 22.3 Å². The van der Waals surface area contributed by atoms with Crippen LogP contribution in [-0.4, -0.2) is 52.9 Å². The molecule has 9 nitrogen and oxygen atoms in total. The Hall–Kier alpha value is -4.28. The van der Waals surface area contributed by atoms with E-state index < -0.39 is 9.71 Å². The van der Waals surface area contributed by atoms with E-state index in [2.05, 4.69) is 38.6 Å². The van der Waals surface area contributed by atoms with Gasteiger partial charge in [0, 0.05) is 33.2 Å². The predicted molar refractivity (Wildman–Crippen MR) is 171 cm³/mol. The standard InChI is InChI=1S/C32H35N7O2S/c1-21-7-5-6-8-25(21)19-38-30-26(16-28(31(38)40)29-22(2)39(20-35-29)42(3,4)41)18-34-32(37-30)36-27-11-9-23(10-12-27)15-24-13-14-33-17-24/h5-12,16,18,20,24,33H,3,13-15,17,19H2,1-2,4H3,(H,34,36,37). The van der Waals surface area contributed by atoms with E-state index in [1.807, 2.05) is 43.3 Å². The maximum atomic E-state index is 14.1.